The van der Waals surface area contributed by atoms with E-state index in [1.165, 1.54) is 25.1 Å². The highest BCUT2D eigenvalue weighted by Crippen LogP contribution is 2.21. The molecule has 2 rings (SSSR count). The maximum Gasteiger partial charge on any atom is 0.335 e. The first kappa shape index (κ1) is 15.9. The van der Waals surface area contributed by atoms with Gasteiger partial charge in [0, 0.05) is 12.6 Å². The molecule has 21 heavy (non-hydrogen) atoms. The summed E-state index contributed by atoms with van der Waals surface area (Å²) in [6, 6.07) is 4.07. The molecule has 0 spiro atoms. The summed E-state index contributed by atoms with van der Waals surface area (Å²) in [5.74, 6) is -1.13. The first-order valence-corrected chi connectivity index (χ1v) is 8.26. The number of rotatable bonds is 4. The van der Waals surface area contributed by atoms with E-state index >= 15 is 0 Å². The van der Waals surface area contributed by atoms with Crippen LogP contribution in [0.3, 0.4) is 0 Å². The van der Waals surface area contributed by atoms with Crippen LogP contribution in [-0.2, 0) is 14.8 Å². The van der Waals surface area contributed by atoms with Gasteiger partial charge in [-0.1, -0.05) is 6.07 Å². The molecule has 1 aromatic rings. The zero-order valence-corrected chi connectivity index (χ0v) is 12.8. The Morgan fingerprint density at radius 1 is 1.43 bits per heavy atom. The van der Waals surface area contributed by atoms with Crippen LogP contribution in [0.1, 0.15) is 35.7 Å². The van der Waals surface area contributed by atoms with Crippen molar-refractivity contribution in [1.82, 2.24) is 4.72 Å². The topological polar surface area (TPSA) is 92.7 Å². The number of carboxylic acid groups (broad SMARTS) is 1. The molecule has 0 aromatic heterocycles. The molecular formula is C14H19NO5S. The van der Waals surface area contributed by atoms with Crippen LogP contribution in [0.2, 0.25) is 0 Å². The SMILES string of the molecule is Cc1c(C(=O)O)cccc1S(=O)(=O)NC1CCOC(C)C1. The normalized spacial score (nSPS) is 23.0. The molecule has 2 N–H and O–H groups in total. The van der Waals surface area contributed by atoms with Crippen LogP contribution in [0.4, 0.5) is 0 Å². The lowest BCUT2D eigenvalue weighted by molar-refractivity contribution is 0.0173. The van der Waals surface area contributed by atoms with Gasteiger partial charge in [-0.25, -0.2) is 17.9 Å². The lowest BCUT2D eigenvalue weighted by Gasteiger charge is -2.28. The zero-order valence-electron chi connectivity index (χ0n) is 12.0. The highest BCUT2D eigenvalue weighted by atomic mass is 32.2. The van der Waals surface area contributed by atoms with Gasteiger partial charge < -0.3 is 9.84 Å². The summed E-state index contributed by atoms with van der Waals surface area (Å²) in [5, 5.41) is 9.08. The van der Waals surface area contributed by atoms with E-state index in [2.05, 4.69) is 4.72 Å². The minimum Gasteiger partial charge on any atom is -0.478 e. The van der Waals surface area contributed by atoms with Gasteiger partial charge in [-0.05, 0) is 44.4 Å². The van der Waals surface area contributed by atoms with Crippen LogP contribution < -0.4 is 4.72 Å². The fourth-order valence-electron chi connectivity index (χ4n) is 2.53. The fraction of sp³-hybridized carbons (Fsp3) is 0.500. The molecule has 7 heteroatoms. The second-order valence-corrected chi connectivity index (χ2v) is 6.94. The Balaban J connectivity index is 2.27. The summed E-state index contributed by atoms with van der Waals surface area (Å²) in [5.41, 5.74) is 0.246. The summed E-state index contributed by atoms with van der Waals surface area (Å²) in [4.78, 5) is 11.1. The van der Waals surface area contributed by atoms with Crippen molar-refractivity contribution in [3.63, 3.8) is 0 Å². The predicted molar refractivity (Wildman–Crippen MR) is 76.9 cm³/mol. The standard InChI is InChI=1S/C14H19NO5S/c1-9-8-11(6-7-20-9)15-21(18,19)13-5-3-4-12(10(13)2)14(16)17/h3-5,9,11,15H,6-8H2,1-2H3,(H,16,17). The van der Waals surface area contributed by atoms with Crippen molar-refractivity contribution in [2.75, 3.05) is 6.61 Å². The fourth-order valence-corrected chi connectivity index (χ4v) is 4.08. The molecule has 2 atom stereocenters. The minimum absolute atomic E-state index is 0.00165. The number of hydrogen-bond donors (Lipinski definition) is 2. The van der Waals surface area contributed by atoms with Crippen molar-refractivity contribution in [2.24, 2.45) is 0 Å². The van der Waals surface area contributed by atoms with Crippen LogP contribution in [0, 0.1) is 6.92 Å². The third-order valence-corrected chi connectivity index (χ3v) is 5.28. The highest BCUT2D eigenvalue weighted by molar-refractivity contribution is 7.89. The van der Waals surface area contributed by atoms with E-state index in [-0.39, 0.29) is 28.2 Å². The van der Waals surface area contributed by atoms with Gasteiger partial charge in [0.25, 0.3) is 0 Å². The monoisotopic (exact) mass is 313 g/mol. The Bertz CT molecular complexity index is 641. The van der Waals surface area contributed by atoms with Crippen molar-refractivity contribution in [2.45, 2.75) is 43.7 Å². The third-order valence-electron chi connectivity index (χ3n) is 3.61. The van der Waals surface area contributed by atoms with Gasteiger partial charge in [-0.2, -0.15) is 0 Å². The van der Waals surface area contributed by atoms with E-state index in [1.54, 1.807) is 0 Å². The van der Waals surface area contributed by atoms with Crippen molar-refractivity contribution >= 4 is 16.0 Å². The predicted octanol–water partition coefficient (Wildman–Crippen LogP) is 1.54. The van der Waals surface area contributed by atoms with Gasteiger partial charge in [-0.15, -0.1) is 0 Å². The summed E-state index contributed by atoms with van der Waals surface area (Å²) in [6.07, 6.45) is 1.23. The first-order valence-electron chi connectivity index (χ1n) is 6.78. The van der Waals surface area contributed by atoms with Crippen LogP contribution in [0.25, 0.3) is 0 Å². The molecule has 1 heterocycles. The number of hydrogen-bond acceptors (Lipinski definition) is 4. The van der Waals surface area contributed by atoms with Crippen LogP contribution in [0.15, 0.2) is 23.1 Å². The molecule has 1 aromatic carbocycles. The highest BCUT2D eigenvalue weighted by Gasteiger charge is 2.27. The maximum absolute atomic E-state index is 12.5. The number of carbonyl (C=O) groups is 1. The Labute approximate surface area is 124 Å². The van der Waals surface area contributed by atoms with Gasteiger partial charge in [-0.3, -0.25) is 0 Å². The number of aromatic carboxylic acids is 1. The summed E-state index contributed by atoms with van der Waals surface area (Å²) in [6.45, 7) is 3.92. The molecule has 0 saturated carbocycles. The second-order valence-electron chi connectivity index (χ2n) is 5.26. The maximum atomic E-state index is 12.5. The number of ether oxygens (including phenoxy) is 1. The lowest BCUT2D eigenvalue weighted by atomic mass is 10.1. The number of nitrogens with one attached hydrogen (secondary N) is 1. The molecule has 1 aliphatic heterocycles. The second kappa shape index (κ2) is 6.13. The van der Waals surface area contributed by atoms with Crippen molar-refractivity contribution in [3.8, 4) is 0 Å². The molecule has 0 radical (unpaired) electrons. The molecule has 2 unspecified atom stereocenters. The summed E-state index contributed by atoms with van der Waals surface area (Å²) in [7, 11) is -3.74. The third kappa shape index (κ3) is 3.61. The average Bonchev–Trinajstić information content (AvgIpc) is 2.37. The average molecular weight is 313 g/mol. The van der Waals surface area contributed by atoms with Crippen molar-refractivity contribution in [1.29, 1.82) is 0 Å². The van der Waals surface area contributed by atoms with E-state index in [1.807, 2.05) is 6.92 Å². The summed E-state index contributed by atoms with van der Waals surface area (Å²) >= 11 is 0. The minimum atomic E-state index is -3.74. The molecule has 0 bridgehead atoms. The Morgan fingerprint density at radius 3 is 2.76 bits per heavy atom. The molecule has 6 nitrogen and oxygen atoms in total. The van der Waals surface area contributed by atoms with Gasteiger partial charge in [0.15, 0.2) is 0 Å². The van der Waals surface area contributed by atoms with Crippen molar-refractivity contribution in [3.05, 3.63) is 29.3 Å². The van der Waals surface area contributed by atoms with Crippen LogP contribution in [0.5, 0.6) is 0 Å². The number of benzene rings is 1. The Kier molecular flexibility index (Phi) is 4.65. The van der Waals surface area contributed by atoms with Crippen molar-refractivity contribution < 1.29 is 23.1 Å². The lowest BCUT2D eigenvalue weighted by Crippen LogP contribution is -2.41. The van der Waals surface area contributed by atoms with E-state index in [0.29, 0.717) is 19.4 Å². The molecule has 0 amide bonds. The largest absolute Gasteiger partial charge is 0.478 e. The molecule has 0 aliphatic carbocycles. The van der Waals surface area contributed by atoms with Gasteiger partial charge in [0.1, 0.15) is 0 Å². The quantitative estimate of drug-likeness (QED) is 0.879. The van der Waals surface area contributed by atoms with E-state index in [9.17, 15) is 13.2 Å². The molecule has 1 aliphatic rings. The number of carboxylic acids is 1. The van der Waals surface area contributed by atoms with E-state index in [0.717, 1.165) is 0 Å². The molecular weight excluding hydrogens is 294 g/mol. The number of sulfonamides is 1. The molecule has 116 valence electrons. The van der Waals surface area contributed by atoms with Gasteiger partial charge >= 0.3 is 5.97 Å². The van der Waals surface area contributed by atoms with Crippen LogP contribution >= 0.6 is 0 Å². The van der Waals surface area contributed by atoms with Gasteiger partial charge in [0.2, 0.25) is 10.0 Å². The van der Waals surface area contributed by atoms with Crippen LogP contribution in [-0.4, -0.2) is 38.2 Å². The Hall–Kier alpha value is -1.44. The van der Waals surface area contributed by atoms with E-state index in [4.69, 9.17) is 9.84 Å². The smallest absolute Gasteiger partial charge is 0.335 e. The Morgan fingerprint density at radius 2 is 2.14 bits per heavy atom. The summed E-state index contributed by atoms with van der Waals surface area (Å²) < 4.78 is 33.0. The zero-order chi connectivity index (χ0) is 15.6. The van der Waals surface area contributed by atoms with E-state index < -0.39 is 16.0 Å². The molecule has 1 fully saturated rings. The first-order chi connectivity index (χ1) is 9.81. The molecule has 1 saturated heterocycles. The van der Waals surface area contributed by atoms with Gasteiger partial charge in [0.05, 0.1) is 16.6 Å².